The van der Waals surface area contributed by atoms with Crippen molar-refractivity contribution in [2.75, 3.05) is 19.6 Å². The van der Waals surface area contributed by atoms with E-state index in [4.69, 9.17) is 5.11 Å². The third kappa shape index (κ3) is 17.7. The van der Waals surface area contributed by atoms with Crippen LogP contribution in [0.15, 0.2) is 0 Å². The maximum absolute atomic E-state index is 9.60. The number of nitrogens with zero attached hydrogens (tertiary/aromatic N) is 1. The molecule has 88 valence electrons. The molecule has 1 N–H and O–H groups in total. The Kier molecular flexibility index (Phi) is 21.0. The van der Waals surface area contributed by atoms with E-state index in [1.54, 1.807) is 0 Å². The average molecular weight is 226 g/mol. The van der Waals surface area contributed by atoms with E-state index in [1.165, 1.54) is 19.6 Å². The third-order valence-corrected chi connectivity index (χ3v) is 1.81. The first-order chi connectivity index (χ1) is 6.12. The lowest BCUT2D eigenvalue weighted by molar-refractivity contribution is -0.137. The molecule has 0 atom stereocenters. The summed E-state index contributed by atoms with van der Waals surface area (Å²) in [5, 5.41) is 7.91. The Morgan fingerprint density at radius 3 is 1.43 bits per heavy atom. The van der Waals surface area contributed by atoms with Gasteiger partial charge in [-0.05, 0) is 26.1 Å². The standard InChI is InChI=1S/C6H15N.C4H8O2.ClH/c1-4-7(5-2)6-3;1-2-3-4(5)6;/h4-6H2,1-3H3;2-3H2,1H3,(H,5,6);1H. The molecule has 0 radical (unpaired) electrons. The smallest absolute Gasteiger partial charge is 0.303 e. The van der Waals surface area contributed by atoms with Crippen LogP contribution in [-0.4, -0.2) is 35.6 Å². The van der Waals surface area contributed by atoms with Crippen LogP contribution in [0.25, 0.3) is 0 Å². The van der Waals surface area contributed by atoms with Crippen LogP contribution in [0.3, 0.4) is 0 Å². The van der Waals surface area contributed by atoms with E-state index in [9.17, 15) is 4.79 Å². The summed E-state index contributed by atoms with van der Waals surface area (Å²) in [4.78, 5) is 12.0. The second-order valence-electron chi connectivity index (χ2n) is 2.76. The van der Waals surface area contributed by atoms with Crippen LogP contribution in [0.2, 0.25) is 0 Å². The Morgan fingerprint density at radius 1 is 1.07 bits per heavy atom. The molecule has 0 unspecified atom stereocenters. The van der Waals surface area contributed by atoms with Crippen LogP contribution in [0.4, 0.5) is 0 Å². The number of carbonyl (C=O) groups is 1. The maximum Gasteiger partial charge on any atom is 0.303 e. The summed E-state index contributed by atoms with van der Waals surface area (Å²) in [6.07, 6.45) is 1.02. The van der Waals surface area contributed by atoms with Crippen molar-refractivity contribution in [3.05, 3.63) is 0 Å². The first kappa shape index (κ1) is 19.3. The Balaban J connectivity index is -0.000000163. The lowest BCUT2D eigenvalue weighted by atomic mass is 10.4. The van der Waals surface area contributed by atoms with Gasteiger partial charge in [0.05, 0.1) is 0 Å². The molecule has 3 nitrogen and oxygen atoms in total. The minimum Gasteiger partial charge on any atom is -0.481 e. The average Bonchev–Trinajstić information content (AvgIpc) is 2.08. The summed E-state index contributed by atoms with van der Waals surface area (Å²) in [6, 6.07) is 0. The fourth-order valence-corrected chi connectivity index (χ4v) is 0.885. The van der Waals surface area contributed by atoms with Gasteiger partial charge < -0.3 is 10.0 Å². The van der Waals surface area contributed by atoms with Crippen molar-refractivity contribution >= 4 is 18.4 Å². The number of carboxylic acids is 1. The van der Waals surface area contributed by atoms with Crippen molar-refractivity contribution in [3.8, 4) is 0 Å². The van der Waals surface area contributed by atoms with Crippen molar-refractivity contribution in [1.82, 2.24) is 4.90 Å². The molecular formula is C10H24ClNO2. The zero-order valence-electron chi connectivity index (χ0n) is 9.75. The van der Waals surface area contributed by atoms with Crippen molar-refractivity contribution in [1.29, 1.82) is 0 Å². The summed E-state index contributed by atoms with van der Waals surface area (Å²) in [5.41, 5.74) is 0. The van der Waals surface area contributed by atoms with Crippen molar-refractivity contribution < 1.29 is 9.90 Å². The Labute approximate surface area is 93.9 Å². The van der Waals surface area contributed by atoms with E-state index >= 15 is 0 Å². The number of rotatable bonds is 5. The van der Waals surface area contributed by atoms with Gasteiger partial charge in [0.1, 0.15) is 0 Å². The number of halogens is 1. The lowest BCUT2D eigenvalue weighted by Gasteiger charge is -2.13. The SMILES string of the molecule is CCCC(=O)O.CCN(CC)CC.Cl. The summed E-state index contributed by atoms with van der Waals surface area (Å²) in [5.74, 6) is -0.711. The van der Waals surface area contributed by atoms with Crippen LogP contribution in [-0.2, 0) is 4.79 Å². The molecule has 0 heterocycles. The fourth-order valence-electron chi connectivity index (χ4n) is 0.885. The zero-order valence-corrected chi connectivity index (χ0v) is 10.6. The number of hydrogen-bond acceptors (Lipinski definition) is 2. The molecule has 0 amide bonds. The van der Waals surface area contributed by atoms with Crippen LogP contribution < -0.4 is 0 Å². The predicted octanol–water partition coefficient (Wildman–Crippen LogP) is 2.64. The van der Waals surface area contributed by atoms with Crippen molar-refractivity contribution in [2.45, 2.75) is 40.5 Å². The highest BCUT2D eigenvalue weighted by molar-refractivity contribution is 5.85. The van der Waals surface area contributed by atoms with Gasteiger partial charge in [0.2, 0.25) is 0 Å². The first-order valence-corrected chi connectivity index (χ1v) is 5.06. The highest BCUT2D eigenvalue weighted by atomic mass is 35.5. The monoisotopic (exact) mass is 225 g/mol. The van der Waals surface area contributed by atoms with Gasteiger partial charge in [-0.1, -0.05) is 27.7 Å². The second-order valence-corrected chi connectivity index (χ2v) is 2.76. The molecule has 0 aromatic rings. The van der Waals surface area contributed by atoms with E-state index in [2.05, 4.69) is 25.7 Å². The number of carboxylic acid groups (broad SMARTS) is 1. The predicted molar refractivity (Wildman–Crippen MR) is 63.3 cm³/mol. The molecule has 14 heavy (non-hydrogen) atoms. The summed E-state index contributed by atoms with van der Waals surface area (Å²) >= 11 is 0. The molecular weight excluding hydrogens is 202 g/mol. The van der Waals surface area contributed by atoms with Gasteiger partial charge in [0.15, 0.2) is 0 Å². The van der Waals surface area contributed by atoms with Crippen LogP contribution in [0.1, 0.15) is 40.5 Å². The minimum atomic E-state index is -0.711. The Bertz CT molecular complexity index is 111. The van der Waals surface area contributed by atoms with Gasteiger partial charge in [-0.3, -0.25) is 4.79 Å². The van der Waals surface area contributed by atoms with Crippen LogP contribution >= 0.6 is 12.4 Å². The largest absolute Gasteiger partial charge is 0.481 e. The molecule has 0 aromatic heterocycles. The summed E-state index contributed by atoms with van der Waals surface area (Å²) < 4.78 is 0. The van der Waals surface area contributed by atoms with E-state index in [-0.39, 0.29) is 12.4 Å². The Morgan fingerprint density at radius 2 is 1.43 bits per heavy atom. The normalized spacial score (nSPS) is 8.64. The molecule has 0 aromatic carbocycles. The molecule has 0 saturated carbocycles. The van der Waals surface area contributed by atoms with E-state index in [0.717, 1.165) is 6.42 Å². The lowest BCUT2D eigenvalue weighted by Crippen LogP contribution is -2.21. The van der Waals surface area contributed by atoms with Crippen LogP contribution in [0.5, 0.6) is 0 Å². The maximum atomic E-state index is 9.60. The van der Waals surface area contributed by atoms with Crippen molar-refractivity contribution in [2.24, 2.45) is 0 Å². The summed E-state index contributed by atoms with van der Waals surface area (Å²) in [6.45, 7) is 12.0. The molecule has 0 fully saturated rings. The number of aliphatic carboxylic acids is 1. The first-order valence-electron chi connectivity index (χ1n) is 5.06. The molecule has 0 spiro atoms. The zero-order chi connectivity index (χ0) is 10.7. The highest BCUT2D eigenvalue weighted by Gasteiger charge is 1.89. The molecule has 0 aliphatic rings. The molecule has 0 bridgehead atoms. The molecule has 0 rings (SSSR count). The molecule has 0 aliphatic carbocycles. The van der Waals surface area contributed by atoms with Gasteiger partial charge in [-0.25, -0.2) is 0 Å². The fraction of sp³-hybridized carbons (Fsp3) is 0.900. The summed E-state index contributed by atoms with van der Waals surface area (Å²) in [7, 11) is 0. The van der Waals surface area contributed by atoms with Gasteiger partial charge in [0, 0.05) is 6.42 Å². The number of hydrogen-bond donors (Lipinski definition) is 1. The molecule has 0 aliphatic heterocycles. The topological polar surface area (TPSA) is 40.5 Å². The van der Waals surface area contributed by atoms with Crippen molar-refractivity contribution in [3.63, 3.8) is 0 Å². The second kappa shape index (κ2) is 15.2. The Hall–Kier alpha value is -0.280. The van der Waals surface area contributed by atoms with E-state index in [0.29, 0.717) is 6.42 Å². The highest BCUT2D eigenvalue weighted by Crippen LogP contribution is 1.82. The van der Waals surface area contributed by atoms with Gasteiger partial charge in [-0.15, -0.1) is 12.4 Å². The molecule has 4 heteroatoms. The molecule has 0 saturated heterocycles. The van der Waals surface area contributed by atoms with Gasteiger partial charge >= 0.3 is 5.97 Å². The van der Waals surface area contributed by atoms with Crippen LogP contribution in [0, 0.1) is 0 Å². The quantitative estimate of drug-likeness (QED) is 0.782. The van der Waals surface area contributed by atoms with Gasteiger partial charge in [0.25, 0.3) is 0 Å². The van der Waals surface area contributed by atoms with Gasteiger partial charge in [-0.2, -0.15) is 0 Å². The van der Waals surface area contributed by atoms with E-state index < -0.39 is 5.97 Å². The third-order valence-electron chi connectivity index (χ3n) is 1.81. The van der Waals surface area contributed by atoms with E-state index in [1.807, 2.05) is 6.92 Å². The minimum absolute atomic E-state index is 0.